The predicted molar refractivity (Wildman–Crippen MR) is 89.4 cm³/mol. The van der Waals surface area contributed by atoms with E-state index in [0.29, 0.717) is 12.2 Å². The summed E-state index contributed by atoms with van der Waals surface area (Å²) in [6.07, 6.45) is 0. The van der Waals surface area contributed by atoms with Gasteiger partial charge < -0.3 is 15.4 Å². The van der Waals surface area contributed by atoms with E-state index in [1.165, 1.54) is 0 Å². The van der Waals surface area contributed by atoms with Gasteiger partial charge in [-0.1, -0.05) is 32.0 Å². The fourth-order valence-electron chi connectivity index (χ4n) is 2.53. The maximum Gasteiger partial charge on any atom is 0.313 e. The van der Waals surface area contributed by atoms with Crippen LogP contribution in [0, 0.1) is 0 Å². The Hall–Kier alpha value is -1.92. The van der Waals surface area contributed by atoms with Crippen molar-refractivity contribution in [1.29, 1.82) is 0 Å². The Balaban J connectivity index is 1.80. The summed E-state index contributed by atoms with van der Waals surface area (Å²) in [5, 5.41) is 5.36. The number of hydrogen-bond donors (Lipinski definition) is 2. The SMILES string of the molecule is CC(C)c1ccccc1NC(=O)C(=O)NCCN1CCOCC1. The van der Waals surface area contributed by atoms with Gasteiger partial charge >= 0.3 is 11.8 Å². The van der Waals surface area contributed by atoms with Gasteiger partial charge in [0.1, 0.15) is 0 Å². The first-order valence-electron chi connectivity index (χ1n) is 8.06. The highest BCUT2D eigenvalue weighted by Crippen LogP contribution is 2.23. The highest BCUT2D eigenvalue weighted by molar-refractivity contribution is 6.39. The first-order chi connectivity index (χ1) is 11.1. The molecule has 0 atom stereocenters. The van der Waals surface area contributed by atoms with Crippen molar-refractivity contribution in [2.45, 2.75) is 19.8 Å². The third-order valence-corrected chi connectivity index (χ3v) is 3.85. The zero-order valence-electron chi connectivity index (χ0n) is 13.8. The Morgan fingerprint density at radius 2 is 1.87 bits per heavy atom. The van der Waals surface area contributed by atoms with Crippen LogP contribution in [0.1, 0.15) is 25.3 Å². The van der Waals surface area contributed by atoms with Gasteiger partial charge in [-0.15, -0.1) is 0 Å². The number of nitrogens with one attached hydrogen (secondary N) is 2. The van der Waals surface area contributed by atoms with Crippen LogP contribution in [-0.4, -0.2) is 56.1 Å². The molecule has 126 valence electrons. The minimum Gasteiger partial charge on any atom is -0.379 e. The minimum atomic E-state index is -0.625. The first kappa shape index (κ1) is 17.4. The maximum atomic E-state index is 12.0. The molecule has 0 saturated carbocycles. The number of ether oxygens (including phenoxy) is 1. The fraction of sp³-hybridized carbons (Fsp3) is 0.529. The minimum absolute atomic E-state index is 0.274. The highest BCUT2D eigenvalue weighted by atomic mass is 16.5. The molecular formula is C17H25N3O3. The van der Waals surface area contributed by atoms with Crippen molar-refractivity contribution in [3.63, 3.8) is 0 Å². The van der Waals surface area contributed by atoms with E-state index in [1.54, 1.807) is 0 Å². The summed E-state index contributed by atoms with van der Waals surface area (Å²) in [4.78, 5) is 26.1. The van der Waals surface area contributed by atoms with Crippen molar-refractivity contribution in [3.8, 4) is 0 Å². The molecule has 1 aliphatic heterocycles. The predicted octanol–water partition coefficient (Wildman–Crippen LogP) is 1.20. The van der Waals surface area contributed by atoms with Gasteiger partial charge in [0.05, 0.1) is 13.2 Å². The molecule has 2 rings (SSSR count). The third kappa shape index (κ3) is 5.33. The number of hydrogen-bond acceptors (Lipinski definition) is 4. The lowest BCUT2D eigenvalue weighted by Gasteiger charge is -2.26. The van der Waals surface area contributed by atoms with E-state index in [2.05, 4.69) is 15.5 Å². The molecule has 0 aromatic heterocycles. The molecule has 6 nitrogen and oxygen atoms in total. The van der Waals surface area contributed by atoms with Crippen LogP contribution in [0.25, 0.3) is 0 Å². The Kier molecular flexibility index (Phi) is 6.55. The van der Waals surface area contributed by atoms with E-state index < -0.39 is 11.8 Å². The second kappa shape index (κ2) is 8.64. The Morgan fingerprint density at radius 3 is 2.57 bits per heavy atom. The van der Waals surface area contributed by atoms with Crippen LogP contribution in [0.15, 0.2) is 24.3 Å². The normalized spacial score (nSPS) is 15.4. The molecule has 1 aromatic rings. The smallest absolute Gasteiger partial charge is 0.313 e. The molecule has 1 aliphatic rings. The zero-order chi connectivity index (χ0) is 16.7. The second-order valence-electron chi connectivity index (χ2n) is 5.91. The van der Waals surface area contributed by atoms with E-state index in [0.717, 1.165) is 38.4 Å². The van der Waals surface area contributed by atoms with Crippen LogP contribution in [0.4, 0.5) is 5.69 Å². The van der Waals surface area contributed by atoms with Crippen LogP contribution >= 0.6 is 0 Å². The van der Waals surface area contributed by atoms with Crippen molar-refractivity contribution in [2.24, 2.45) is 0 Å². The molecule has 2 amide bonds. The average molecular weight is 319 g/mol. The molecule has 23 heavy (non-hydrogen) atoms. The van der Waals surface area contributed by atoms with Crippen LogP contribution in [0.3, 0.4) is 0 Å². The van der Waals surface area contributed by atoms with Crippen LogP contribution < -0.4 is 10.6 Å². The number of nitrogens with zero attached hydrogens (tertiary/aromatic N) is 1. The number of rotatable bonds is 5. The van der Waals surface area contributed by atoms with E-state index in [9.17, 15) is 9.59 Å². The number of morpholine rings is 1. The number of carbonyl (C=O) groups is 2. The van der Waals surface area contributed by atoms with E-state index in [1.807, 2.05) is 38.1 Å². The number of carbonyl (C=O) groups excluding carboxylic acids is 2. The lowest BCUT2D eigenvalue weighted by Crippen LogP contribution is -2.43. The molecule has 0 bridgehead atoms. The monoisotopic (exact) mass is 319 g/mol. The van der Waals surface area contributed by atoms with Gasteiger partial charge in [-0.05, 0) is 17.5 Å². The topological polar surface area (TPSA) is 70.7 Å². The van der Waals surface area contributed by atoms with Crippen molar-refractivity contribution >= 4 is 17.5 Å². The summed E-state index contributed by atoms with van der Waals surface area (Å²) in [6, 6.07) is 7.54. The summed E-state index contributed by atoms with van der Waals surface area (Å²) in [5.74, 6) is -0.951. The Bertz CT molecular complexity index is 540. The first-order valence-corrected chi connectivity index (χ1v) is 8.06. The summed E-state index contributed by atoms with van der Waals surface area (Å²) in [5.41, 5.74) is 1.71. The largest absolute Gasteiger partial charge is 0.379 e. The number of para-hydroxylation sites is 1. The molecular weight excluding hydrogens is 294 g/mol. The number of amides is 2. The summed E-state index contributed by atoms with van der Waals surface area (Å²) in [6.45, 7) is 8.46. The molecule has 0 spiro atoms. The summed E-state index contributed by atoms with van der Waals surface area (Å²) < 4.78 is 5.27. The van der Waals surface area contributed by atoms with Gasteiger partial charge in [-0.3, -0.25) is 14.5 Å². The standard InChI is InChI=1S/C17H25N3O3/c1-13(2)14-5-3-4-6-15(14)19-17(22)16(21)18-7-8-20-9-11-23-12-10-20/h3-6,13H,7-12H2,1-2H3,(H,18,21)(H,19,22). The Labute approximate surface area is 137 Å². The molecule has 1 aromatic carbocycles. The zero-order valence-corrected chi connectivity index (χ0v) is 13.8. The molecule has 1 heterocycles. The molecule has 1 fully saturated rings. The summed E-state index contributed by atoms with van der Waals surface area (Å²) in [7, 11) is 0. The lowest BCUT2D eigenvalue weighted by molar-refractivity contribution is -0.136. The van der Waals surface area contributed by atoms with Gasteiger partial charge in [-0.2, -0.15) is 0 Å². The van der Waals surface area contributed by atoms with E-state index in [-0.39, 0.29) is 5.92 Å². The number of anilines is 1. The third-order valence-electron chi connectivity index (χ3n) is 3.85. The molecule has 0 radical (unpaired) electrons. The quantitative estimate of drug-likeness (QED) is 0.800. The van der Waals surface area contributed by atoms with Gasteiger partial charge in [0, 0.05) is 31.9 Å². The van der Waals surface area contributed by atoms with Gasteiger partial charge in [0.15, 0.2) is 0 Å². The molecule has 6 heteroatoms. The van der Waals surface area contributed by atoms with Crippen LogP contribution in [-0.2, 0) is 14.3 Å². The lowest BCUT2D eigenvalue weighted by atomic mass is 10.0. The van der Waals surface area contributed by atoms with Crippen LogP contribution in [0.5, 0.6) is 0 Å². The van der Waals surface area contributed by atoms with Crippen molar-refractivity contribution in [2.75, 3.05) is 44.7 Å². The van der Waals surface area contributed by atoms with Gasteiger partial charge in [-0.25, -0.2) is 0 Å². The summed E-state index contributed by atoms with van der Waals surface area (Å²) >= 11 is 0. The number of benzene rings is 1. The highest BCUT2D eigenvalue weighted by Gasteiger charge is 2.16. The van der Waals surface area contributed by atoms with Crippen molar-refractivity contribution in [1.82, 2.24) is 10.2 Å². The van der Waals surface area contributed by atoms with Gasteiger partial charge in [0.2, 0.25) is 0 Å². The van der Waals surface area contributed by atoms with Crippen molar-refractivity contribution in [3.05, 3.63) is 29.8 Å². The van der Waals surface area contributed by atoms with Crippen LogP contribution in [0.2, 0.25) is 0 Å². The Morgan fingerprint density at radius 1 is 1.17 bits per heavy atom. The molecule has 1 saturated heterocycles. The van der Waals surface area contributed by atoms with E-state index >= 15 is 0 Å². The molecule has 0 aliphatic carbocycles. The fourth-order valence-corrected chi connectivity index (χ4v) is 2.53. The average Bonchev–Trinajstić information content (AvgIpc) is 2.56. The molecule has 2 N–H and O–H groups in total. The van der Waals surface area contributed by atoms with E-state index in [4.69, 9.17) is 4.74 Å². The molecule has 0 unspecified atom stereocenters. The maximum absolute atomic E-state index is 12.0. The second-order valence-corrected chi connectivity index (χ2v) is 5.91. The van der Waals surface area contributed by atoms with Gasteiger partial charge in [0.25, 0.3) is 0 Å². The van der Waals surface area contributed by atoms with Crippen molar-refractivity contribution < 1.29 is 14.3 Å².